The van der Waals surface area contributed by atoms with Crippen LogP contribution < -0.4 is 0 Å². The molecule has 156 valence electrons. The van der Waals surface area contributed by atoms with Crippen molar-refractivity contribution < 1.29 is 5.11 Å². The summed E-state index contributed by atoms with van der Waals surface area (Å²) >= 11 is 4.21. The van der Waals surface area contributed by atoms with Gasteiger partial charge in [-0.25, -0.2) is 0 Å². The molecule has 0 amide bonds. The first kappa shape index (κ1) is 24.8. The Morgan fingerprint density at radius 2 is 1.22 bits per heavy atom. The van der Waals surface area contributed by atoms with Gasteiger partial charge in [0.1, 0.15) is 5.75 Å². The fourth-order valence-corrected chi connectivity index (χ4v) is 6.02. The van der Waals surface area contributed by atoms with Gasteiger partial charge in [0, 0.05) is 0 Å². The van der Waals surface area contributed by atoms with Gasteiger partial charge in [-0.15, -0.1) is 23.5 Å². The highest BCUT2D eigenvalue weighted by Gasteiger charge is 2.13. The van der Waals surface area contributed by atoms with Crippen LogP contribution in [0.2, 0.25) is 0 Å². The lowest BCUT2D eigenvalue weighted by Crippen LogP contribution is -1.95. The van der Waals surface area contributed by atoms with Crippen LogP contribution in [0.3, 0.4) is 0 Å². The largest absolute Gasteiger partial charge is 0.508 e. The molecule has 27 heavy (non-hydrogen) atoms. The molecular weight excluding hydrogens is 368 g/mol. The van der Waals surface area contributed by atoms with Gasteiger partial charge in [-0.3, -0.25) is 0 Å². The summed E-state index contributed by atoms with van der Waals surface area (Å²) in [6, 6.07) is 6.17. The van der Waals surface area contributed by atoms with Crippen molar-refractivity contribution in [3.8, 4) is 5.75 Å². The predicted octanol–water partition coefficient (Wildman–Crippen LogP) is 8.89. The number of rotatable bonds is 17. The molecule has 0 aliphatic heterocycles. The van der Waals surface area contributed by atoms with Crippen molar-refractivity contribution in [1.82, 2.24) is 0 Å². The second-order valence-corrected chi connectivity index (χ2v) is 10.4. The van der Waals surface area contributed by atoms with Crippen molar-refractivity contribution in [3.05, 3.63) is 29.3 Å². The summed E-state index contributed by atoms with van der Waals surface area (Å²) < 4.78 is 0.510. The number of aromatic hydroxyl groups is 1. The Morgan fingerprint density at radius 3 is 1.70 bits per heavy atom. The minimum atomic E-state index is 0.416. The maximum atomic E-state index is 9.85. The number of thioether (sulfide) groups is 2. The Kier molecular flexibility index (Phi) is 15.3. The smallest absolute Gasteiger partial charge is 0.118 e. The van der Waals surface area contributed by atoms with Gasteiger partial charge in [0.25, 0.3) is 0 Å². The number of phenolic OH excluding ortho intramolecular Hbond substituents is 1. The Bertz CT molecular complexity index is 457. The highest BCUT2D eigenvalue weighted by atomic mass is 32.2. The molecule has 0 bridgehead atoms. The number of hydrogen-bond acceptors (Lipinski definition) is 3. The molecule has 1 N–H and O–H groups in total. The average Bonchev–Trinajstić information content (AvgIpc) is 2.67. The van der Waals surface area contributed by atoms with Crippen LogP contribution in [0.1, 0.15) is 107 Å². The lowest BCUT2D eigenvalue weighted by Gasteiger charge is -2.18. The van der Waals surface area contributed by atoms with Crippen molar-refractivity contribution in [1.29, 1.82) is 0 Å². The third kappa shape index (κ3) is 12.0. The molecule has 0 saturated carbocycles. The summed E-state index contributed by atoms with van der Waals surface area (Å²) in [5, 5.41) is 9.85. The summed E-state index contributed by atoms with van der Waals surface area (Å²) in [6.07, 6.45) is 16.4. The summed E-state index contributed by atoms with van der Waals surface area (Å²) in [4.78, 5) is 0. The zero-order chi connectivity index (χ0) is 19.7. The predicted molar refractivity (Wildman–Crippen MR) is 127 cm³/mol. The third-order valence-corrected chi connectivity index (χ3v) is 8.04. The van der Waals surface area contributed by atoms with Crippen LogP contribution in [0, 0.1) is 6.92 Å². The molecule has 0 heterocycles. The lowest BCUT2D eigenvalue weighted by atomic mass is 10.1. The van der Waals surface area contributed by atoms with Gasteiger partial charge in [-0.05, 0) is 48.5 Å². The molecule has 0 aliphatic carbocycles. The van der Waals surface area contributed by atoms with E-state index in [9.17, 15) is 5.11 Å². The van der Waals surface area contributed by atoms with E-state index in [2.05, 4.69) is 49.5 Å². The van der Waals surface area contributed by atoms with E-state index in [1.807, 2.05) is 13.0 Å². The Labute approximate surface area is 177 Å². The van der Waals surface area contributed by atoms with Crippen LogP contribution in [0.4, 0.5) is 0 Å². The number of aryl methyl sites for hydroxylation is 1. The summed E-state index contributed by atoms with van der Waals surface area (Å²) in [5.74, 6) is 2.92. The quantitative estimate of drug-likeness (QED) is 0.204. The van der Waals surface area contributed by atoms with E-state index < -0.39 is 0 Å². The van der Waals surface area contributed by atoms with Gasteiger partial charge >= 0.3 is 0 Å². The van der Waals surface area contributed by atoms with Crippen LogP contribution in [0.25, 0.3) is 0 Å². The highest BCUT2D eigenvalue weighted by Crippen LogP contribution is 2.41. The molecule has 0 fully saturated rings. The molecule has 1 aromatic carbocycles. The normalized spacial score (nSPS) is 11.4. The fraction of sp³-hybridized carbons (Fsp3) is 0.750. The first-order valence-electron chi connectivity index (χ1n) is 11.2. The van der Waals surface area contributed by atoms with E-state index >= 15 is 0 Å². The molecule has 0 saturated heterocycles. The van der Waals surface area contributed by atoms with Crippen LogP contribution in [-0.4, -0.2) is 16.6 Å². The summed E-state index contributed by atoms with van der Waals surface area (Å²) in [5.41, 5.74) is 2.37. The maximum absolute atomic E-state index is 9.85. The summed E-state index contributed by atoms with van der Waals surface area (Å²) in [6.45, 7) is 6.56. The molecule has 0 unspecified atom stereocenters. The van der Waals surface area contributed by atoms with Gasteiger partial charge in [0.05, 0.1) is 4.58 Å². The van der Waals surface area contributed by atoms with E-state index in [0.717, 1.165) is 5.56 Å². The zero-order valence-corrected chi connectivity index (χ0v) is 19.6. The Balaban J connectivity index is 2.38. The van der Waals surface area contributed by atoms with Crippen LogP contribution >= 0.6 is 23.5 Å². The van der Waals surface area contributed by atoms with Gasteiger partial charge in [0.2, 0.25) is 0 Å². The SMILES string of the molecule is CCCCCCCCSC(SCCCCCCCC)c1ccc(O)c(C)c1. The molecule has 1 nitrogen and oxygen atoms in total. The van der Waals surface area contributed by atoms with Gasteiger partial charge < -0.3 is 5.11 Å². The van der Waals surface area contributed by atoms with Crippen LogP contribution in [0.15, 0.2) is 18.2 Å². The molecule has 0 radical (unpaired) electrons. The van der Waals surface area contributed by atoms with Gasteiger partial charge in [-0.2, -0.15) is 0 Å². The number of hydrogen-bond donors (Lipinski definition) is 1. The molecule has 3 heteroatoms. The van der Waals surface area contributed by atoms with E-state index in [1.54, 1.807) is 0 Å². The van der Waals surface area contributed by atoms with Crippen molar-refractivity contribution in [2.24, 2.45) is 0 Å². The van der Waals surface area contributed by atoms with Crippen molar-refractivity contribution >= 4 is 23.5 Å². The standard InChI is InChI=1S/C24H42OS2/c1-4-6-8-10-12-14-18-26-24(22-16-17-23(25)21(3)20-22)27-19-15-13-11-9-7-5-2/h16-17,20,24-25H,4-15,18-19H2,1-3H3. The third-order valence-electron chi connectivity index (χ3n) is 5.03. The second kappa shape index (κ2) is 16.7. The molecular formula is C24H42OS2. The first-order chi connectivity index (χ1) is 13.2. The lowest BCUT2D eigenvalue weighted by molar-refractivity contribution is 0.471. The number of unbranched alkanes of at least 4 members (excludes halogenated alkanes) is 10. The first-order valence-corrected chi connectivity index (χ1v) is 13.3. The number of benzene rings is 1. The fourth-order valence-electron chi connectivity index (χ4n) is 3.21. The maximum Gasteiger partial charge on any atom is 0.118 e. The molecule has 0 aromatic heterocycles. The van der Waals surface area contributed by atoms with E-state index in [0.29, 0.717) is 10.3 Å². The number of phenols is 1. The van der Waals surface area contributed by atoms with Crippen LogP contribution in [0.5, 0.6) is 5.75 Å². The Morgan fingerprint density at radius 1 is 0.741 bits per heavy atom. The van der Waals surface area contributed by atoms with E-state index in [1.165, 1.54) is 94.1 Å². The van der Waals surface area contributed by atoms with Gasteiger partial charge in [-0.1, -0.05) is 90.2 Å². The molecule has 0 aliphatic rings. The minimum Gasteiger partial charge on any atom is -0.508 e. The monoisotopic (exact) mass is 410 g/mol. The Hall–Kier alpha value is -0.280. The van der Waals surface area contributed by atoms with Gasteiger partial charge in [0.15, 0.2) is 0 Å². The molecule has 1 rings (SSSR count). The van der Waals surface area contributed by atoms with Crippen molar-refractivity contribution in [2.75, 3.05) is 11.5 Å². The second-order valence-electron chi connectivity index (χ2n) is 7.65. The zero-order valence-electron chi connectivity index (χ0n) is 18.0. The highest BCUT2D eigenvalue weighted by molar-refractivity contribution is 8.16. The summed E-state index contributed by atoms with van der Waals surface area (Å²) in [7, 11) is 0. The van der Waals surface area contributed by atoms with Crippen molar-refractivity contribution in [2.45, 2.75) is 102 Å². The van der Waals surface area contributed by atoms with Crippen LogP contribution in [-0.2, 0) is 0 Å². The molecule has 0 atom stereocenters. The van der Waals surface area contributed by atoms with E-state index in [-0.39, 0.29) is 0 Å². The average molecular weight is 411 g/mol. The minimum absolute atomic E-state index is 0.416. The molecule has 1 aromatic rings. The van der Waals surface area contributed by atoms with E-state index in [4.69, 9.17) is 0 Å². The van der Waals surface area contributed by atoms with Crippen molar-refractivity contribution in [3.63, 3.8) is 0 Å². The topological polar surface area (TPSA) is 20.2 Å². The molecule has 0 spiro atoms.